The molecule has 2 rings (SSSR count). The van der Waals surface area contributed by atoms with Crippen LogP contribution in [0.15, 0.2) is 30.3 Å². The number of imide groups is 1. The number of nitrogens with zero attached hydrogens (tertiary/aromatic N) is 1. The molecule has 3 amide bonds. The van der Waals surface area contributed by atoms with E-state index in [1.807, 2.05) is 30.3 Å². The average Bonchev–Trinajstić information content (AvgIpc) is 2.41. The molecule has 1 aromatic rings. The average molecular weight is 260 g/mol. The summed E-state index contributed by atoms with van der Waals surface area (Å²) >= 11 is 0. The normalized spacial score (nSPS) is 19.2. The molecular formula is C14H16N2O3. The third-order valence-corrected chi connectivity index (χ3v) is 3.21. The minimum absolute atomic E-state index is 0.0411. The Bertz CT molecular complexity index is 499. The van der Waals surface area contributed by atoms with Gasteiger partial charge in [-0.15, -0.1) is 0 Å². The van der Waals surface area contributed by atoms with Crippen molar-refractivity contribution in [3.8, 4) is 0 Å². The summed E-state index contributed by atoms with van der Waals surface area (Å²) in [5.41, 5.74) is 1.07. The number of hydrogen-bond acceptors (Lipinski definition) is 3. The summed E-state index contributed by atoms with van der Waals surface area (Å²) < 4.78 is 0. The van der Waals surface area contributed by atoms with Gasteiger partial charge in [-0.3, -0.25) is 19.7 Å². The molecule has 0 radical (unpaired) electrons. The first kappa shape index (κ1) is 13.3. The zero-order chi connectivity index (χ0) is 13.8. The molecule has 19 heavy (non-hydrogen) atoms. The first-order valence-corrected chi connectivity index (χ1v) is 6.25. The Morgan fingerprint density at radius 1 is 1.32 bits per heavy atom. The minimum atomic E-state index is -0.582. The monoisotopic (exact) mass is 260 g/mol. The summed E-state index contributed by atoms with van der Waals surface area (Å²) in [4.78, 5) is 36.2. The van der Waals surface area contributed by atoms with Gasteiger partial charge in [0.25, 0.3) is 0 Å². The number of rotatable bonds is 3. The smallest absolute Gasteiger partial charge is 0.249 e. The van der Waals surface area contributed by atoms with Gasteiger partial charge in [-0.2, -0.15) is 0 Å². The highest BCUT2D eigenvalue weighted by atomic mass is 16.2. The predicted molar refractivity (Wildman–Crippen MR) is 69.1 cm³/mol. The Morgan fingerprint density at radius 3 is 2.68 bits per heavy atom. The topological polar surface area (TPSA) is 66.5 Å². The first-order chi connectivity index (χ1) is 9.08. The van der Waals surface area contributed by atoms with Gasteiger partial charge in [0.1, 0.15) is 12.6 Å². The van der Waals surface area contributed by atoms with Gasteiger partial charge in [-0.1, -0.05) is 30.3 Å². The van der Waals surface area contributed by atoms with Crippen molar-refractivity contribution < 1.29 is 14.4 Å². The van der Waals surface area contributed by atoms with Crippen molar-refractivity contribution >= 4 is 17.7 Å². The zero-order valence-electron chi connectivity index (χ0n) is 10.8. The molecule has 1 heterocycles. The summed E-state index contributed by atoms with van der Waals surface area (Å²) in [6, 6.07) is 9.07. The fourth-order valence-corrected chi connectivity index (χ4v) is 2.06. The Morgan fingerprint density at radius 2 is 2.00 bits per heavy atom. The standard InChI is InChI=1S/C14H16N2O3/c1-10-14(19)15-12(17)9-16(10)13(18)8-7-11-5-3-2-4-6-11/h2-6,10H,7-9H2,1H3,(H,15,17,19). The maximum absolute atomic E-state index is 12.1. The van der Waals surface area contributed by atoms with Crippen LogP contribution in [-0.4, -0.2) is 35.2 Å². The van der Waals surface area contributed by atoms with Crippen molar-refractivity contribution in [2.45, 2.75) is 25.8 Å². The van der Waals surface area contributed by atoms with Crippen LogP contribution in [0.2, 0.25) is 0 Å². The quantitative estimate of drug-likeness (QED) is 0.804. The van der Waals surface area contributed by atoms with Crippen LogP contribution in [0.5, 0.6) is 0 Å². The predicted octanol–water partition coefficient (Wildman–Crippen LogP) is 0.493. The van der Waals surface area contributed by atoms with Crippen molar-refractivity contribution in [1.29, 1.82) is 0 Å². The maximum Gasteiger partial charge on any atom is 0.249 e. The molecule has 0 aromatic heterocycles. The van der Waals surface area contributed by atoms with Crippen molar-refractivity contribution in [1.82, 2.24) is 10.2 Å². The van der Waals surface area contributed by atoms with Gasteiger partial charge in [-0.25, -0.2) is 0 Å². The molecule has 100 valence electrons. The SMILES string of the molecule is CC1C(=O)NC(=O)CN1C(=O)CCc1ccccc1. The summed E-state index contributed by atoms with van der Waals surface area (Å²) in [6.45, 7) is 1.59. The minimum Gasteiger partial charge on any atom is -0.322 e. The van der Waals surface area contributed by atoms with Crippen LogP contribution < -0.4 is 5.32 Å². The van der Waals surface area contributed by atoms with Crippen LogP contribution in [0.1, 0.15) is 18.9 Å². The van der Waals surface area contributed by atoms with E-state index >= 15 is 0 Å². The van der Waals surface area contributed by atoms with E-state index in [4.69, 9.17) is 0 Å². The molecule has 1 saturated heterocycles. The van der Waals surface area contributed by atoms with Crippen molar-refractivity contribution in [3.05, 3.63) is 35.9 Å². The lowest BCUT2D eigenvalue weighted by Gasteiger charge is -2.31. The van der Waals surface area contributed by atoms with E-state index in [0.717, 1.165) is 5.56 Å². The fraction of sp³-hybridized carbons (Fsp3) is 0.357. The van der Waals surface area contributed by atoms with Gasteiger partial charge in [0.05, 0.1) is 0 Å². The molecule has 1 aromatic carbocycles. The third-order valence-electron chi connectivity index (χ3n) is 3.21. The lowest BCUT2D eigenvalue weighted by atomic mass is 10.1. The van der Waals surface area contributed by atoms with Crippen molar-refractivity contribution in [2.75, 3.05) is 6.54 Å². The molecule has 1 atom stereocenters. The number of carbonyl (C=O) groups excluding carboxylic acids is 3. The number of piperazine rings is 1. The molecular weight excluding hydrogens is 244 g/mol. The van der Waals surface area contributed by atoms with Gasteiger partial charge in [0.2, 0.25) is 17.7 Å². The molecule has 1 N–H and O–H groups in total. The molecule has 0 aliphatic carbocycles. The Labute approximate surface area is 111 Å². The zero-order valence-corrected chi connectivity index (χ0v) is 10.8. The van der Waals surface area contributed by atoms with E-state index in [9.17, 15) is 14.4 Å². The molecule has 1 aliphatic heterocycles. The summed E-state index contributed by atoms with van der Waals surface area (Å²) in [5.74, 6) is -1.000. The number of hydrogen-bond donors (Lipinski definition) is 1. The lowest BCUT2D eigenvalue weighted by Crippen LogP contribution is -2.58. The van der Waals surface area contributed by atoms with Crippen LogP contribution in [-0.2, 0) is 20.8 Å². The van der Waals surface area contributed by atoms with Gasteiger partial charge in [0, 0.05) is 6.42 Å². The first-order valence-electron chi connectivity index (χ1n) is 6.25. The molecule has 0 saturated carbocycles. The second-order valence-electron chi connectivity index (χ2n) is 4.60. The van der Waals surface area contributed by atoms with Crippen LogP contribution in [0, 0.1) is 0 Å². The van der Waals surface area contributed by atoms with Gasteiger partial charge in [0.15, 0.2) is 0 Å². The number of aryl methyl sites for hydroxylation is 1. The highest BCUT2D eigenvalue weighted by Crippen LogP contribution is 2.10. The van der Waals surface area contributed by atoms with Crippen LogP contribution in [0.3, 0.4) is 0 Å². The Hall–Kier alpha value is -2.17. The van der Waals surface area contributed by atoms with E-state index in [1.165, 1.54) is 4.90 Å². The van der Waals surface area contributed by atoms with Gasteiger partial charge in [-0.05, 0) is 18.9 Å². The molecule has 0 spiro atoms. The van der Waals surface area contributed by atoms with E-state index in [1.54, 1.807) is 6.92 Å². The number of nitrogens with one attached hydrogen (secondary N) is 1. The van der Waals surface area contributed by atoms with Crippen LogP contribution in [0.4, 0.5) is 0 Å². The molecule has 1 aliphatic rings. The molecule has 5 heteroatoms. The number of amides is 3. The van der Waals surface area contributed by atoms with E-state index in [2.05, 4.69) is 5.32 Å². The highest BCUT2D eigenvalue weighted by Gasteiger charge is 2.32. The number of benzene rings is 1. The van der Waals surface area contributed by atoms with Gasteiger partial charge >= 0.3 is 0 Å². The molecule has 0 bridgehead atoms. The summed E-state index contributed by atoms with van der Waals surface area (Å²) in [6.07, 6.45) is 0.910. The third kappa shape index (κ3) is 3.19. The molecule has 1 fully saturated rings. The van der Waals surface area contributed by atoms with Gasteiger partial charge < -0.3 is 4.90 Å². The van der Waals surface area contributed by atoms with Crippen LogP contribution in [0.25, 0.3) is 0 Å². The Balaban J connectivity index is 1.95. The maximum atomic E-state index is 12.1. The van der Waals surface area contributed by atoms with E-state index in [-0.39, 0.29) is 12.5 Å². The fourth-order valence-electron chi connectivity index (χ4n) is 2.06. The highest BCUT2D eigenvalue weighted by molar-refractivity contribution is 6.04. The second kappa shape index (κ2) is 5.65. The lowest BCUT2D eigenvalue weighted by molar-refractivity contribution is -0.149. The van der Waals surface area contributed by atoms with E-state index < -0.39 is 17.9 Å². The summed E-state index contributed by atoms with van der Waals surface area (Å²) in [5, 5.41) is 2.22. The van der Waals surface area contributed by atoms with Crippen LogP contribution >= 0.6 is 0 Å². The van der Waals surface area contributed by atoms with Crippen molar-refractivity contribution in [2.24, 2.45) is 0 Å². The Kier molecular flexibility index (Phi) is 3.94. The van der Waals surface area contributed by atoms with E-state index in [0.29, 0.717) is 12.8 Å². The molecule has 1 unspecified atom stereocenters. The molecule has 5 nitrogen and oxygen atoms in total. The summed E-state index contributed by atoms with van der Waals surface area (Å²) in [7, 11) is 0. The van der Waals surface area contributed by atoms with Crippen molar-refractivity contribution in [3.63, 3.8) is 0 Å². The largest absolute Gasteiger partial charge is 0.322 e. The second-order valence-corrected chi connectivity index (χ2v) is 4.60. The number of carbonyl (C=O) groups is 3.